The number of fused-ring (bicyclic) bond motifs is 1. The summed E-state index contributed by atoms with van der Waals surface area (Å²) < 4.78 is 5.40. The van der Waals surface area contributed by atoms with Gasteiger partial charge in [0.25, 0.3) is 5.91 Å². The Balaban J connectivity index is 1.68. The summed E-state index contributed by atoms with van der Waals surface area (Å²) in [4.78, 5) is 34.1. The van der Waals surface area contributed by atoms with Crippen molar-refractivity contribution in [3.63, 3.8) is 0 Å². The van der Waals surface area contributed by atoms with E-state index in [1.54, 1.807) is 24.4 Å². The van der Waals surface area contributed by atoms with E-state index >= 15 is 0 Å². The summed E-state index contributed by atoms with van der Waals surface area (Å²) in [5.41, 5.74) is 3.61. The van der Waals surface area contributed by atoms with Gasteiger partial charge in [-0.25, -0.2) is 4.98 Å². The highest BCUT2D eigenvalue weighted by atomic mass is 16.5. The minimum atomic E-state index is -0.209. The first-order chi connectivity index (χ1) is 13.5. The van der Waals surface area contributed by atoms with Gasteiger partial charge in [0.2, 0.25) is 5.56 Å². The SMILES string of the molecule is Cc1cc2[nH]c(=O)cc(C)c2cc1NC(=O)c1cccnc1N1CCOCC1. The Morgan fingerprint density at radius 1 is 1.18 bits per heavy atom. The Morgan fingerprint density at radius 2 is 1.96 bits per heavy atom. The summed E-state index contributed by atoms with van der Waals surface area (Å²) in [5.74, 6) is 0.460. The van der Waals surface area contributed by atoms with Gasteiger partial charge in [0.05, 0.1) is 18.8 Å². The van der Waals surface area contributed by atoms with Crippen molar-refractivity contribution in [1.82, 2.24) is 9.97 Å². The molecular formula is C21H22N4O3. The molecule has 1 fully saturated rings. The zero-order valence-corrected chi connectivity index (χ0v) is 15.9. The number of benzene rings is 1. The van der Waals surface area contributed by atoms with Gasteiger partial charge in [-0.2, -0.15) is 0 Å². The third-order valence-corrected chi connectivity index (χ3v) is 4.98. The molecule has 1 aliphatic heterocycles. The number of nitrogens with one attached hydrogen (secondary N) is 2. The fourth-order valence-electron chi connectivity index (χ4n) is 3.51. The van der Waals surface area contributed by atoms with E-state index < -0.39 is 0 Å². The molecule has 7 heteroatoms. The van der Waals surface area contributed by atoms with Gasteiger partial charge in [0.1, 0.15) is 5.82 Å². The summed E-state index contributed by atoms with van der Waals surface area (Å²) >= 11 is 0. The molecule has 2 N–H and O–H groups in total. The lowest BCUT2D eigenvalue weighted by Gasteiger charge is -2.29. The molecule has 1 aromatic carbocycles. The van der Waals surface area contributed by atoms with E-state index in [1.807, 2.05) is 26.0 Å². The first kappa shape index (κ1) is 18.2. The molecule has 3 aromatic rings. The maximum atomic E-state index is 13.0. The normalized spacial score (nSPS) is 14.3. The van der Waals surface area contributed by atoms with Gasteiger partial charge in [-0.1, -0.05) is 0 Å². The third-order valence-electron chi connectivity index (χ3n) is 4.98. The fraction of sp³-hybridized carbons (Fsp3) is 0.286. The van der Waals surface area contributed by atoms with Crippen LogP contribution in [0.4, 0.5) is 11.5 Å². The maximum Gasteiger partial charge on any atom is 0.259 e. The van der Waals surface area contributed by atoms with Crippen LogP contribution in [0.1, 0.15) is 21.5 Å². The highest BCUT2D eigenvalue weighted by molar-refractivity contribution is 6.08. The van der Waals surface area contributed by atoms with Crippen LogP contribution in [-0.4, -0.2) is 42.2 Å². The number of carbonyl (C=O) groups is 1. The minimum Gasteiger partial charge on any atom is -0.378 e. The number of morpholine rings is 1. The molecule has 3 heterocycles. The first-order valence-electron chi connectivity index (χ1n) is 9.26. The number of carbonyl (C=O) groups excluding carboxylic acids is 1. The van der Waals surface area contributed by atoms with Crippen molar-refractivity contribution in [2.75, 3.05) is 36.5 Å². The molecule has 0 aliphatic carbocycles. The number of nitrogens with zero attached hydrogens (tertiary/aromatic N) is 2. The van der Waals surface area contributed by atoms with Crippen LogP contribution < -0.4 is 15.8 Å². The van der Waals surface area contributed by atoms with Crippen molar-refractivity contribution in [1.29, 1.82) is 0 Å². The van der Waals surface area contributed by atoms with E-state index in [0.717, 1.165) is 22.0 Å². The quantitative estimate of drug-likeness (QED) is 0.732. The fourth-order valence-corrected chi connectivity index (χ4v) is 3.51. The Kier molecular flexibility index (Phi) is 4.83. The minimum absolute atomic E-state index is 0.133. The predicted octanol–water partition coefficient (Wildman–Crippen LogP) is 2.63. The van der Waals surface area contributed by atoms with E-state index in [9.17, 15) is 9.59 Å². The average molecular weight is 378 g/mol. The van der Waals surface area contributed by atoms with Crippen molar-refractivity contribution in [3.8, 4) is 0 Å². The standard InChI is InChI=1S/C21H22N4O3/c1-13-11-19(26)23-18-10-14(2)17(12-16(13)18)24-21(27)15-4-3-5-22-20(15)25-6-8-28-9-7-25/h3-5,10-12H,6-9H2,1-2H3,(H,23,26)(H,24,27). The number of aromatic nitrogens is 2. The highest BCUT2D eigenvalue weighted by Crippen LogP contribution is 2.26. The second kappa shape index (κ2) is 7.44. The molecule has 28 heavy (non-hydrogen) atoms. The predicted molar refractivity (Wildman–Crippen MR) is 109 cm³/mol. The number of rotatable bonds is 3. The molecule has 0 unspecified atom stereocenters. The molecule has 0 saturated carbocycles. The summed E-state index contributed by atoms with van der Waals surface area (Å²) in [5, 5.41) is 3.91. The largest absolute Gasteiger partial charge is 0.378 e. The molecule has 4 rings (SSSR count). The Bertz CT molecular complexity index is 1100. The molecule has 0 atom stereocenters. The molecular weight excluding hydrogens is 356 g/mol. The number of anilines is 2. The number of aryl methyl sites for hydroxylation is 2. The number of pyridine rings is 2. The Hall–Kier alpha value is -3.19. The van der Waals surface area contributed by atoms with Crippen LogP contribution in [0.15, 0.2) is 41.3 Å². The van der Waals surface area contributed by atoms with Gasteiger partial charge in [-0.3, -0.25) is 9.59 Å². The van der Waals surface area contributed by atoms with Crippen LogP contribution >= 0.6 is 0 Å². The summed E-state index contributed by atoms with van der Waals surface area (Å²) in [6, 6.07) is 8.89. The number of ether oxygens (including phenoxy) is 1. The van der Waals surface area contributed by atoms with Crippen LogP contribution in [0.2, 0.25) is 0 Å². The number of hydrogen-bond donors (Lipinski definition) is 2. The summed E-state index contributed by atoms with van der Waals surface area (Å²) in [6.45, 7) is 6.45. The highest BCUT2D eigenvalue weighted by Gasteiger charge is 2.20. The van der Waals surface area contributed by atoms with Crippen molar-refractivity contribution >= 4 is 28.3 Å². The summed E-state index contributed by atoms with van der Waals surface area (Å²) in [7, 11) is 0. The zero-order chi connectivity index (χ0) is 19.7. The number of aromatic amines is 1. The van der Waals surface area contributed by atoms with Crippen molar-refractivity contribution in [2.24, 2.45) is 0 Å². The number of hydrogen-bond acceptors (Lipinski definition) is 5. The number of H-pyrrole nitrogens is 1. The van der Waals surface area contributed by atoms with Crippen LogP contribution in [0.25, 0.3) is 10.9 Å². The molecule has 1 amide bonds. The van der Waals surface area contributed by atoms with Crippen LogP contribution in [0.3, 0.4) is 0 Å². The van der Waals surface area contributed by atoms with Crippen molar-refractivity contribution < 1.29 is 9.53 Å². The average Bonchev–Trinajstić information content (AvgIpc) is 2.69. The molecule has 144 valence electrons. The lowest BCUT2D eigenvalue weighted by atomic mass is 10.1. The number of amides is 1. The third kappa shape index (κ3) is 3.48. The van der Waals surface area contributed by atoms with Gasteiger partial charge in [0.15, 0.2) is 0 Å². The molecule has 1 saturated heterocycles. The molecule has 0 spiro atoms. The first-order valence-corrected chi connectivity index (χ1v) is 9.26. The van der Waals surface area contributed by atoms with E-state index in [0.29, 0.717) is 43.4 Å². The van der Waals surface area contributed by atoms with E-state index in [4.69, 9.17) is 4.74 Å². The molecule has 1 aliphatic rings. The van der Waals surface area contributed by atoms with Crippen LogP contribution in [0, 0.1) is 13.8 Å². The van der Waals surface area contributed by atoms with Gasteiger partial charge in [-0.05, 0) is 49.2 Å². The maximum absolute atomic E-state index is 13.0. The lowest BCUT2D eigenvalue weighted by molar-refractivity contribution is 0.102. The molecule has 0 bridgehead atoms. The summed E-state index contributed by atoms with van der Waals surface area (Å²) in [6.07, 6.45) is 1.70. The van der Waals surface area contributed by atoms with E-state index in [1.165, 1.54) is 0 Å². The topological polar surface area (TPSA) is 87.3 Å². The Morgan fingerprint density at radius 3 is 2.75 bits per heavy atom. The monoisotopic (exact) mass is 378 g/mol. The van der Waals surface area contributed by atoms with Gasteiger partial charge in [-0.15, -0.1) is 0 Å². The van der Waals surface area contributed by atoms with Crippen LogP contribution in [0.5, 0.6) is 0 Å². The smallest absolute Gasteiger partial charge is 0.259 e. The van der Waals surface area contributed by atoms with Gasteiger partial charge < -0.3 is 19.9 Å². The lowest BCUT2D eigenvalue weighted by Crippen LogP contribution is -2.38. The van der Waals surface area contributed by atoms with Crippen molar-refractivity contribution in [3.05, 3.63) is 63.6 Å². The van der Waals surface area contributed by atoms with Crippen molar-refractivity contribution in [2.45, 2.75) is 13.8 Å². The van der Waals surface area contributed by atoms with Gasteiger partial charge in [0, 0.05) is 41.9 Å². The zero-order valence-electron chi connectivity index (χ0n) is 15.9. The Labute approximate surface area is 162 Å². The van der Waals surface area contributed by atoms with E-state index in [-0.39, 0.29) is 11.5 Å². The van der Waals surface area contributed by atoms with Gasteiger partial charge >= 0.3 is 0 Å². The second-order valence-corrected chi connectivity index (χ2v) is 6.96. The van der Waals surface area contributed by atoms with Crippen LogP contribution in [-0.2, 0) is 4.74 Å². The second-order valence-electron chi connectivity index (χ2n) is 6.96. The molecule has 2 aromatic heterocycles. The van der Waals surface area contributed by atoms with E-state index in [2.05, 4.69) is 20.2 Å². The molecule has 0 radical (unpaired) electrons. The molecule has 7 nitrogen and oxygen atoms in total.